The van der Waals surface area contributed by atoms with E-state index in [0.717, 1.165) is 18.2 Å². The number of nitrogens with zero attached hydrogens (tertiary/aromatic N) is 1. The number of rotatable bonds is 3. The molecule has 0 aromatic heterocycles. The quantitative estimate of drug-likeness (QED) is 0.489. The number of carbonyl (C=O) groups is 2. The molecule has 0 unspecified atom stereocenters. The Morgan fingerprint density at radius 1 is 1.32 bits per heavy atom. The average Bonchev–Trinajstić information content (AvgIpc) is 2.30. The molecule has 0 aliphatic rings. The van der Waals surface area contributed by atoms with Gasteiger partial charge in [-0.05, 0) is 19.9 Å². The lowest BCUT2D eigenvalue weighted by Crippen LogP contribution is -2.39. The molecule has 0 saturated carbocycles. The Morgan fingerprint density at radius 3 is 2.47 bits per heavy atom. The number of non-ortho nitro benzene ring substituents is 1. The van der Waals surface area contributed by atoms with Crippen LogP contribution in [0.3, 0.4) is 0 Å². The van der Waals surface area contributed by atoms with Gasteiger partial charge in [0.25, 0.3) is 5.69 Å². The molecule has 0 radical (unpaired) electrons. The number of hydrogen-bond donors (Lipinski definition) is 2. The summed E-state index contributed by atoms with van der Waals surface area (Å²) in [6.07, 6.45) is 0. The molecular formula is C11H12FN3O4. The fourth-order valence-electron chi connectivity index (χ4n) is 1.23. The van der Waals surface area contributed by atoms with Crippen molar-refractivity contribution in [3.8, 4) is 0 Å². The fraction of sp³-hybridized carbons (Fsp3) is 0.273. The molecule has 19 heavy (non-hydrogen) atoms. The minimum atomic E-state index is -1.09. The van der Waals surface area contributed by atoms with Crippen molar-refractivity contribution < 1.29 is 18.9 Å². The number of carbonyl (C=O) groups excluding carboxylic acids is 2. The molecule has 2 amide bonds. The molecule has 2 N–H and O–H groups in total. The van der Waals surface area contributed by atoms with Crippen LogP contribution in [0.2, 0.25) is 0 Å². The maximum absolute atomic E-state index is 13.4. The van der Waals surface area contributed by atoms with Gasteiger partial charge in [0.15, 0.2) is 0 Å². The fourth-order valence-corrected chi connectivity index (χ4v) is 1.23. The van der Waals surface area contributed by atoms with Gasteiger partial charge < -0.3 is 10.6 Å². The third-order valence-electron chi connectivity index (χ3n) is 2.03. The molecule has 1 aromatic carbocycles. The molecule has 8 heteroatoms. The maximum atomic E-state index is 13.4. The van der Waals surface area contributed by atoms with E-state index in [0.29, 0.717) is 0 Å². The Kier molecular flexibility index (Phi) is 4.51. The summed E-state index contributed by atoms with van der Waals surface area (Å²) in [6.45, 7) is 3.30. The van der Waals surface area contributed by atoms with Gasteiger partial charge in [-0.2, -0.15) is 0 Å². The molecule has 102 valence electrons. The second-order valence-corrected chi connectivity index (χ2v) is 4.00. The largest absolute Gasteiger partial charge is 0.346 e. The van der Waals surface area contributed by atoms with Crippen LogP contribution in [-0.2, 0) is 9.59 Å². The second-order valence-electron chi connectivity index (χ2n) is 4.00. The predicted molar refractivity (Wildman–Crippen MR) is 65.0 cm³/mol. The van der Waals surface area contributed by atoms with Crippen LogP contribution in [0.5, 0.6) is 0 Å². The first kappa shape index (κ1) is 14.6. The highest BCUT2D eigenvalue weighted by molar-refractivity contribution is 6.39. The van der Waals surface area contributed by atoms with Gasteiger partial charge in [-0.1, -0.05) is 0 Å². The first-order valence-electron chi connectivity index (χ1n) is 5.37. The molecule has 0 spiro atoms. The summed E-state index contributed by atoms with van der Waals surface area (Å²) in [6, 6.07) is 2.39. The van der Waals surface area contributed by atoms with Crippen molar-refractivity contribution in [2.24, 2.45) is 0 Å². The highest BCUT2D eigenvalue weighted by Crippen LogP contribution is 2.21. The zero-order valence-electron chi connectivity index (χ0n) is 10.3. The summed E-state index contributed by atoms with van der Waals surface area (Å²) < 4.78 is 13.4. The van der Waals surface area contributed by atoms with Crippen LogP contribution >= 0.6 is 0 Å². The zero-order valence-corrected chi connectivity index (χ0v) is 10.3. The lowest BCUT2D eigenvalue weighted by Gasteiger charge is -2.09. The first-order valence-corrected chi connectivity index (χ1v) is 5.37. The lowest BCUT2D eigenvalue weighted by atomic mass is 10.2. The number of hydrogen-bond acceptors (Lipinski definition) is 4. The molecule has 7 nitrogen and oxygen atoms in total. The van der Waals surface area contributed by atoms with Crippen molar-refractivity contribution >= 4 is 23.2 Å². The Hall–Kier alpha value is -2.51. The summed E-state index contributed by atoms with van der Waals surface area (Å²) in [4.78, 5) is 32.5. The van der Waals surface area contributed by atoms with Crippen molar-refractivity contribution in [2.45, 2.75) is 19.9 Å². The Balaban J connectivity index is 2.87. The molecule has 0 heterocycles. The van der Waals surface area contributed by atoms with E-state index in [1.54, 1.807) is 13.8 Å². The van der Waals surface area contributed by atoms with Gasteiger partial charge in [-0.15, -0.1) is 0 Å². The number of halogens is 1. The number of anilines is 1. The molecule has 0 saturated heterocycles. The molecule has 1 aromatic rings. The number of nitro groups is 1. The van der Waals surface area contributed by atoms with E-state index in [2.05, 4.69) is 5.32 Å². The number of nitrogens with one attached hydrogen (secondary N) is 2. The molecule has 0 aliphatic heterocycles. The zero-order chi connectivity index (χ0) is 14.6. The lowest BCUT2D eigenvalue weighted by molar-refractivity contribution is -0.384. The highest BCUT2D eigenvalue weighted by Gasteiger charge is 2.18. The normalized spacial score (nSPS) is 10.1. The SMILES string of the molecule is CC(C)NC(=O)C(=O)Nc1cc([N+](=O)[O-])ccc1F. The number of amides is 2. The van der Waals surface area contributed by atoms with E-state index in [-0.39, 0.29) is 11.7 Å². The van der Waals surface area contributed by atoms with Crippen LogP contribution in [0.25, 0.3) is 0 Å². The number of benzene rings is 1. The average molecular weight is 269 g/mol. The minimum absolute atomic E-state index is 0.256. The third-order valence-corrected chi connectivity index (χ3v) is 2.03. The van der Waals surface area contributed by atoms with Gasteiger partial charge >= 0.3 is 11.8 Å². The first-order chi connectivity index (χ1) is 8.81. The molecule has 0 fully saturated rings. The van der Waals surface area contributed by atoms with Gasteiger partial charge in [0.2, 0.25) is 0 Å². The molecule has 1 rings (SSSR count). The minimum Gasteiger partial charge on any atom is -0.346 e. The summed E-state index contributed by atoms with van der Waals surface area (Å²) in [5.74, 6) is -2.90. The standard InChI is InChI=1S/C11H12FN3O4/c1-6(2)13-10(16)11(17)14-9-5-7(15(18)19)3-4-8(9)12/h3-6H,1-2H3,(H,13,16)(H,14,17). The van der Waals surface area contributed by atoms with Crippen molar-refractivity contribution in [2.75, 3.05) is 5.32 Å². The van der Waals surface area contributed by atoms with E-state index in [1.165, 1.54) is 0 Å². The van der Waals surface area contributed by atoms with E-state index in [9.17, 15) is 24.1 Å². The smallest absolute Gasteiger partial charge is 0.313 e. The highest BCUT2D eigenvalue weighted by atomic mass is 19.1. The molecule has 0 bridgehead atoms. The summed E-state index contributed by atoms with van der Waals surface area (Å²) in [5, 5.41) is 14.8. The summed E-state index contributed by atoms with van der Waals surface area (Å²) in [7, 11) is 0. The maximum Gasteiger partial charge on any atom is 0.313 e. The van der Waals surface area contributed by atoms with Crippen molar-refractivity contribution in [3.05, 3.63) is 34.1 Å². The second kappa shape index (κ2) is 5.89. The monoisotopic (exact) mass is 269 g/mol. The third kappa shape index (κ3) is 4.02. The molecular weight excluding hydrogens is 257 g/mol. The number of nitro benzene ring substituents is 1. The summed E-state index contributed by atoms with van der Waals surface area (Å²) >= 11 is 0. The van der Waals surface area contributed by atoms with Crippen molar-refractivity contribution in [1.29, 1.82) is 0 Å². The van der Waals surface area contributed by atoms with E-state index < -0.39 is 28.2 Å². The van der Waals surface area contributed by atoms with E-state index >= 15 is 0 Å². The van der Waals surface area contributed by atoms with Gasteiger partial charge in [0.05, 0.1) is 10.6 Å². The van der Waals surface area contributed by atoms with Crippen LogP contribution in [0.15, 0.2) is 18.2 Å². The summed E-state index contributed by atoms with van der Waals surface area (Å²) in [5.41, 5.74) is -0.806. The van der Waals surface area contributed by atoms with Crippen molar-refractivity contribution in [3.63, 3.8) is 0 Å². The van der Waals surface area contributed by atoms with Gasteiger partial charge in [-0.3, -0.25) is 19.7 Å². The Labute approximate surface area is 107 Å². The topological polar surface area (TPSA) is 101 Å². The van der Waals surface area contributed by atoms with Crippen molar-refractivity contribution in [1.82, 2.24) is 5.32 Å². The van der Waals surface area contributed by atoms with E-state index in [4.69, 9.17) is 0 Å². The molecule has 0 aliphatic carbocycles. The predicted octanol–water partition coefficient (Wildman–Crippen LogP) is 1.20. The Morgan fingerprint density at radius 2 is 1.95 bits per heavy atom. The van der Waals surface area contributed by atoms with E-state index in [1.807, 2.05) is 5.32 Å². The van der Waals surface area contributed by atoms with Crippen LogP contribution in [0.4, 0.5) is 15.8 Å². The van der Waals surface area contributed by atoms with Gasteiger partial charge in [-0.25, -0.2) is 4.39 Å². The van der Waals surface area contributed by atoms with Gasteiger partial charge in [0.1, 0.15) is 5.82 Å². The van der Waals surface area contributed by atoms with Crippen LogP contribution < -0.4 is 10.6 Å². The van der Waals surface area contributed by atoms with Crippen LogP contribution in [0, 0.1) is 15.9 Å². The van der Waals surface area contributed by atoms with Crippen LogP contribution in [-0.4, -0.2) is 22.8 Å². The molecule has 0 atom stereocenters. The van der Waals surface area contributed by atoms with Gasteiger partial charge in [0, 0.05) is 18.2 Å². The Bertz CT molecular complexity index is 531. The van der Waals surface area contributed by atoms with Crippen LogP contribution in [0.1, 0.15) is 13.8 Å².